The number of benzene rings is 2. The molecule has 0 saturated carbocycles. The minimum atomic E-state index is -4.60. The Morgan fingerprint density at radius 1 is 1.16 bits per heavy atom. The first kappa shape index (κ1) is 26.5. The third-order valence-electron chi connectivity index (χ3n) is 6.25. The normalized spacial score (nSPS) is 17.9. The fraction of sp³-hybridized carbons (Fsp3) is 0.280. The Kier molecular flexibility index (Phi) is 7.44. The minimum Gasteiger partial charge on any atom is -0.396 e. The van der Waals surface area contributed by atoms with E-state index in [1.807, 2.05) is 30.3 Å². The van der Waals surface area contributed by atoms with Crippen LogP contribution in [-0.4, -0.2) is 54.0 Å². The van der Waals surface area contributed by atoms with Gasteiger partial charge in [0, 0.05) is 44.5 Å². The summed E-state index contributed by atoms with van der Waals surface area (Å²) in [6.45, 7) is 1.36. The van der Waals surface area contributed by atoms with Gasteiger partial charge >= 0.3 is 0 Å². The molecule has 0 spiro atoms. The van der Waals surface area contributed by atoms with E-state index in [-0.39, 0.29) is 24.3 Å². The van der Waals surface area contributed by atoms with E-state index in [9.17, 15) is 27.5 Å². The summed E-state index contributed by atoms with van der Waals surface area (Å²) >= 11 is 0. The number of anilines is 1. The molecule has 37 heavy (non-hydrogen) atoms. The largest absolute Gasteiger partial charge is 0.396 e. The van der Waals surface area contributed by atoms with Crippen LogP contribution in [0.2, 0.25) is 0 Å². The van der Waals surface area contributed by atoms with Gasteiger partial charge in [0.15, 0.2) is 5.82 Å². The van der Waals surface area contributed by atoms with Gasteiger partial charge in [-0.3, -0.25) is 9.59 Å². The first-order valence-electron chi connectivity index (χ1n) is 11.4. The number of aryl methyl sites for hydroxylation is 2. The van der Waals surface area contributed by atoms with E-state index >= 15 is 4.39 Å². The Hall–Kier alpha value is -3.61. The zero-order chi connectivity index (χ0) is 26.9. The molecule has 2 aromatic carbocycles. The molecular weight excluding hydrogens is 506 g/mol. The lowest BCUT2D eigenvalue weighted by atomic mass is 10.1. The number of halogens is 2. The maximum atomic E-state index is 15.3. The molecule has 1 fully saturated rings. The van der Waals surface area contributed by atoms with Crippen molar-refractivity contribution in [3.8, 4) is 0 Å². The van der Waals surface area contributed by atoms with Crippen molar-refractivity contribution < 1.29 is 31.9 Å². The van der Waals surface area contributed by atoms with Crippen LogP contribution in [0.1, 0.15) is 21.6 Å². The molecule has 4 rings (SSSR count). The summed E-state index contributed by atoms with van der Waals surface area (Å²) in [6, 6.07) is 11.6. The van der Waals surface area contributed by atoms with E-state index in [0.717, 1.165) is 22.4 Å². The van der Waals surface area contributed by atoms with Gasteiger partial charge in [-0.1, -0.05) is 30.3 Å². The van der Waals surface area contributed by atoms with Crippen LogP contribution >= 0.6 is 0 Å². The van der Waals surface area contributed by atoms with Crippen LogP contribution in [0.3, 0.4) is 0 Å². The smallest absolute Gasteiger partial charge is 0.275 e. The molecule has 1 aromatic heterocycles. The van der Waals surface area contributed by atoms with Crippen molar-refractivity contribution in [2.75, 3.05) is 18.5 Å². The summed E-state index contributed by atoms with van der Waals surface area (Å²) < 4.78 is 58.3. The van der Waals surface area contributed by atoms with E-state index in [1.165, 1.54) is 31.0 Å². The van der Waals surface area contributed by atoms with Gasteiger partial charge in [-0.25, -0.2) is 17.2 Å². The van der Waals surface area contributed by atoms with Crippen molar-refractivity contribution in [1.82, 2.24) is 14.2 Å². The quantitative estimate of drug-likeness (QED) is 0.411. The van der Waals surface area contributed by atoms with Gasteiger partial charge in [-0.05, 0) is 36.2 Å². The Morgan fingerprint density at radius 2 is 1.86 bits per heavy atom. The van der Waals surface area contributed by atoms with Crippen molar-refractivity contribution in [2.24, 2.45) is 13.0 Å². The fourth-order valence-electron chi connectivity index (χ4n) is 4.29. The molecule has 1 aliphatic heterocycles. The van der Waals surface area contributed by atoms with Gasteiger partial charge in [0.25, 0.3) is 5.91 Å². The number of carbonyl (C=O) groups excluding carboxylic acids is 2. The average molecular weight is 533 g/mol. The molecule has 2 amide bonds. The van der Waals surface area contributed by atoms with Crippen LogP contribution in [-0.2, 0) is 28.4 Å². The van der Waals surface area contributed by atoms with Crippen LogP contribution < -0.4 is 10.0 Å². The lowest BCUT2D eigenvalue weighted by Crippen LogP contribution is -2.44. The molecule has 3 aromatic rings. The summed E-state index contributed by atoms with van der Waals surface area (Å²) in [5.41, 5.74) is 0.730. The average Bonchev–Trinajstić information content (AvgIpc) is 3.32. The maximum absolute atomic E-state index is 15.3. The summed E-state index contributed by atoms with van der Waals surface area (Å²) in [5, 5.41) is 12.2. The highest BCUT2D eigenvalue weighted by Crippen LogP contribution is 2.26. The lowest BCUT2D eigenvalue weighted by molar-refractivity contribution is -0.129. The number of aliphatic hydroxyl groups excluding tert-OH is 1. The first-order chi connectivity index (χ1) is 17.5. The zero-order valence-corrected chi connectivity index (χ0v) is 20.9. The molecule has 0 radical (unpaired) electrons. The summed E-state index contributed by atoms with van der Waals surface area (Å²) in [4.78, 5) is 26.3. The Labute approximate surface area is 212 Å². The topological polar surface area (TPSA) is 121 Å². The molecule has 0 bridgehead atoms. The maximum Gasteiger partial charge on any atom is 0.275 e. The second-order valence-corrected chi connectivity index (χ2v) is 10.6. The number of amides is 2. The van der Waals surface area contributed by atoms with Crippen molar-refractivity contribution in [3.05, 3.63) is 83.2 Å². The molecule has 1 aliphatic rings. The minimum absolute atomic E-state index is 0.111. The second-order valence-electron chi connectivity index (χ2n) is 8.93. The number of hydrogen-bond donors (Lipinski definition) is 3. The molecule has 2 heterocycles. The van der Waals surface area contributed by atoms with E-state index in [4.69, 9.17) is 0 Å². The van der Waals surface area contributed by atoms with Gasteiger partial charge in [0.2, 0.25) is 15.9 Å². The number of rotatable bonds is 8. The van der Waals surface area contributed by atoms with E-state index in [1.54, 1.807) is 0 Å². The standard InChI is InChI=1S/C25H26F2N4O5S/c1-15-10-18(8-9-19(15)26)28-24(33)23-21(27)20(13-30(23)2)37(35,36)29-22-17(14-32)12-31(25(22)34)11-16-6-4-3-5-7-16/h3-10,13,17,22,29,32H,11-12,14H2,1-2H3,(H,28,33)/t17-,22+/m1/s1. The van der Waals surface area contributed by atoms with Crippen molar-refractivity contribution in [3.63, 3.8) is 0 Å². The van der Waals surface area contributed by atoms with E-state index in [0.29, 0.717) is 0 Å². The number of carbonyl (C=O) groups is 2. The number of hydrogen-bond acceptors (Lipinski definition) is 5. The SMILES string of the molecule is Cc1cc(NC(=O)c2c(F)c(S(=O)(=O)N[C@@H]3C(=O)N(Cc4ccccc4)C[C@@H]3CO)cn2C)ccc1F. The first-order valence-corrected chi connectivity index (χ1v) is 12.9. The molecule has 196 valence electrons. The summed E-state index contributed by atoms with van der Waals surface area (Å²) in [7, 11) is -3.30. The monoisotopic (exact) mass is 532 g/mol. The van der Waals surface area contributed by atoms with Crippen LogP contribution in [0.15, 0.2) is 59.6 Å². The number of sulfonamides is 1. The molecule has 0 aliphatic carbocycles. The molecular formula is C25H26F2N4O5S. The number of nitrogens with zero attached hydrogens (tertiary/aromatic N) is 2. The van der Waals surface area contributed by atoms with Gasteiger partial charge < -0.3 is 19.9 Å². The van der Waals surface area contributed by atoms with Crippen molar-refractivity contribution >= 4 is 27.5 Å². The summed E-state index contributed by atoms with van der Waals surface area (Å²) in [5.74, 6) is -4.02. The number of aliphatic hydroxyl groups is 1. The predicted molar refractivity (Wildman–Crippen MR) is 131 cm³/mol. The Morgan fingerprint density at radius 3 is 2.51 bits per heavy atom. The highest BCUT2D eigenvalue weighted by atomic mass is 32.2. The zero-order valence-electron chi connectivity index (χ0n) is 20.1. The van der Waals surface area contributed by atoms with E-state index in [2.05, 4.69) is 10.0 Å². The Bertz CT molecular complexity index is 1440. The van der Waals surface area contributed by atoms with Crippen LogP contribution in [0.5, 0.6) is 0 Å². The fourth-order valence-corrected chi connectivity index (χ4v) is 5.68. The summed E-state index contributed by atoms with van der Waals surface area (Å²) in [6.07, 6.45) is 0.928. The van der Waals surface area contributed by atoms with Crippen LogP contribution in [0, 0.1) is 24.5 Å². The number of likely N-dealkylation sites (tertiary alicyclic amines) is 1. The van der Waals surface area contributed by atoms with Gasteiger partial charge in [0.1, 0.15) is 22.4 Å². The third-order valence-corrected chi connectivity index (χ3v) is 7.67. The van der Waals surface area contributed by atoms with Crippen LogP contribution in [0.4, 0.5) is 14.5 Å². The lowest BCUT2D eigenvalue weighted by Gasteiger charge is -2.17. The number of aromatic nitrogens is 1. The van der Waals surface area contributed by atoms with Crippen molar-refractivity contribution in [1.29, 1.82) is 0 Å². The molecule has 2 atom stereocenters. The highest BCUT2D eigenvalue weighted by Gasteiger charge is 2.43. The van der Waals surface area contributed by atoms with Gasteiger partial charge in [0.05, 0.1) is 0 Å². The molecule has 3 N–H and O–H groups in total. The second kappa shape index (κ2) is 10.4. The van der Waals surface area contributed by atoms with Gasteiger partial charge in [-0.15, -0.1) is 0 Å². The highest BCUT2D eigenvalue weighted by molar-refractivity contribution is 7.89. The van der Waals surface area contributed by atoms with Crippen LogP contribution in [0.25, 0.3) is 0 Å². The Balaban J connectivity index is 1.55. The molecule has 1 saturated heterocycles. The third kappa shape index (κ3) is 5.41. The molecule has 0 unspecified atom stereocenters. The van der Waals surface area contributed by atoms with Gasteiger partial charge in [-0.2, -0.15) is 4.72 Å². The molecule has 9 nitrogen and oxygen atoms in total. The van der Waals surface area contributed by atoms with Crippen molar-refractivity contribution in [2.45, 2.75) is 24.4 Å². The van der Waals surface area contributed by atoms with E-state index < -0.39 is 62.6 Å². The number of nitrogens with one attached hydrogen (secondary N) is 2. The molecule has 12 heteroatoms. The predicted octanol–water partition coefficient (Wildman–Crippen LogP) is 2.16.